The smallest absolute Gasteiger partial charge is 0.303 e. The number of carbonyl (C=O) groups is 4. The van der Waals surface area contributed by atoms with Crippen molar-refractivity contribution >= 4 is 30.0 Å². The van der Waals surface area contributed by atoms with Crippen molar-refractivity contribution in [2.75, 3.05) is 13.7 Å². The standard InChI is InChI=1S/C28H36O10/c1-16(29)34-15-24-26(35-17(2)30)28(37-19(4)32)27(36-18(3)31)25(38-24)22-8-6-7-21(14-22)13-20-9-11-23(33-5)12-10-20/h6-8,13-14,23-28H,9-12,15H2,1-5H3/t23?,24-,25+,26-,27+,28?/m1/s1. The molecule has 1 saturated carbocycles. The molecule has 1 unspecified atom stereocenters. The van der Waals surface area contributed by atoms with Gasteiger partial charge in [0.2, 0.25) is 0 Å². The van der Waals surface area contributed by atoms with E-state index in [9.17, 15) is 19.2 Å². The monoisotopic (exact) mass is 532 g/mol. The molecular formula is C28H36O10. The molecule has 10 heteroatoms. The van der Waals surface area contributed by atoms with Crippen LogP contribution in [0.3, 0.4) is 0 Å². The van der Waals surface area contributed by atoms with Crippen LogP contribution in [-0.4, -0.2) is 68.1 Å². The van der Waals surface area contributed by atoms with E-state index in [1.54, 1.807) is 7.11 Å². The van der Waals surface area contributed by atoms with Gasteiger partial charge in [0.1, 0.15) is 18.8 Å². The molecule has 1 aliphatic carbocycles. The van der Waals surface area contributed by atoms with E-state index in [2.05, 4.69) is 6.08 Å². The maximum Gasteiger partial charge on any atom is 0.303 e. The molecule has 10 nitrogen and oxygen atoms in total. The summed E-state index contributed by atoms with van der Waals surface area (Å²) in [5.74, 6) is -2.52. The van der Waals surface area contributed by atoms with E-state index >= 15 is 0 Å². The van der Waals surface area contributed by atoms with E-state index in [-0.39, 0.29) is 12.7 Å². The van der Waals surface area contributed by atoms with Crippen LogP contribution >= 0.6 is 0 Å². The maximum atomic E-state index is 12.1. The molecule has 0 spiro atoms. The fourth-order valence-corrected chi connectivity index (χ4v) is 4.90. The third-order valence-electron chi connectivity index (χ3n) is 6.51. The number of benzene rings is 1. The minimum atomic E-state index is -1.20. The van der Waals surface area contributed by atoms with Crippen molar-refractivity contribution in [3.05, 3.63) is 41.0 Å². The van der Waals surface area contributed by atoms with Gasteiger partial charge in [-0.15, -0.1) is 0 Å². The van der Waals surface area contributed by atoms with Crippen molar-refractivity contribution in [2.45, 2.75) is 90.0 Å². The molecule has 1 aromatic rings. The molecule has 3 rings (SSSR count). The Kier molecular flexibility index (Phi) is 10.4. The van der Waals surface area contributed by atoms with Crippen LogP contribution in [0.5, 0.6) is 0 Å². The molecule has 2 fully saturated rings. The second-order valence-electron chi connectivity index (χ2n) is 9.53. The number of rotatable bonds is 8. The van der Waals surface area contributed by atoms with E-state index in [1.165, 1.54) is 33.3 Å². The predicted molar refractivity (Wildman–Crippen MR) is 135 cm³/mol. The molecule has 0 bridgehead atoms. The van der Waals surface area contributed by atoms with Gasteiger partial charge in [0, 0.05) is 34.8 Å². The minimum Gasteiger partial charge on any atom is -0.463 e. The molecule has 0 amide bonds. The molecule has 1 saturated heterocycles. The average molecular weight is 533 g/mol. The third-order valence-corrected chi connectivity index (χ3v) is 6.51. The van der Waals surface area contributed by atoms with Crippen molar-refractivity contribution in [1.29, 1.82) is 0 Å². The number of hydrogen-bond donors (Lipinski definition) is 0. The molecule has 208 valence electrons. The van der Waals surface area contributed by atoms with Gasteiger partial charge >= 0.3 is 23.9 Å². The van der Waals surface area contributed by atoms with Gasteiger partial charge in [-0.1, -0.05) is 29.8 Å². The van der Waals surface area contributed by atoms with E-state index in [4.69, 9.17) is 28.4 Å². The summed E-state index contributed by atoms with van der Waals surface area (Å²) in [6, 6.07) is 7.54. The highest BCUT2D eigenvalue weighted by Gasteiger charge is 2.52. The van der Waals surface area contributed by atoms with E-state index in [0.29, 0.717) is 5.56 Å². The summed E-state index contributed by atoms with van der Waals surface area (Å²) >= 11 is 0. The second kappa shape index (κ2) is 13.5. The van der Waals surface area contributed by atoms with Crippen molar-refractivity contribution in [1.82, 2.24) is 0 Å². The summed E-state index contributed by atoms with van der Waals surface area (Å²) in [6.45, 7) is 4.59. The Morgan fingerprint density at radius 2 is 1.47 bits per heavy atom. The molecule has 1 aromatic carbocycles. The van der Waals surface area contributed by atoms with Gasteiger partial charge in [0.15, 0.2) is 18.3 Å². The molecular weight excluding hydrogens is 496 g/mol. The summed E-state index contributed by atoms with van der Waals surface area (Å²) in [5, 5.41) is 0. The highest BCUT2D eigenvalue weighted by atomic mass is 16.7. The first-order chi connectivity index (χ1) is 18.1. The van der Waals surface area contributed by atoms with Crippen molar-refractivity contribution in [2.24, 2.45) is 0 Å². The van der Waals surface area contributed by atoms with Crippen LogP contribution in [0.4, 0.5) is 0 Å². The Labute approximate surface area is 222 Å². The lowest BCUT2D eigenvalue weighted by molar-refractivity contribution is -0.254. The molecule has 1 aliphatic heterocycles. The van der Waals surface area contributed by atoms with Gasteiger partial charge < -0.3 is 28.4 Å². The molecule has 38 heavy (non-hydrogen) atoms. The lowest BCUT2D eigenvalue weighted by Gasteiger charge is -2.44. The molecule has 0 radical (unpaired) electrons. The fourth-order valence-electron chi connectivity index (χ4n) is 4.90. The predicted octanol–water partition coefficient (Wildman–Crippen LogP) is 3.46. The van der Waals surface area contributed by atoms with E-state index in [0.717, 1.165) is 31.2 Å². The van der Waals surface area contributed by atoms with Gasteiger partial charge in [0.25, 0.3) is 0 Å². The van der Waals surface area contributed by atoms with Crippen molar-refractivity contribution in [3.8, 4) is 0 Å². The summed E-state index contributed by atoms with van der Waals surface area (Å²) in [6.07, 6.45) is 0.774. The summed E-state index contributed by atoms with van der Waals surface area (Å²) in [7, 11) is 1.73. The van der Waals surface area contributed by atoms with E-state index in [1.807, 2.05) is 24.3 Å². The second-order valence-corrected chi connectivity index (χ2v) is 9.53. The van der Waals surface area contributed by atoms with Gasteiger partial charge in [0.05, 0.1) is 6.10 Å². The van der Waals surface area contributed by atoms with Crippen LogP contribution < -0.4 is 0 Å². The van der Waals surface area contributed by atoms with Crippen molar-refractivity contribution < 1.29 is 47.6 Å². The average Bonchev–Trinajstić information content (AvgIpc) is 2.85. The van der Waals surface area contributed by atoms with Crippen LogP contribution in [0.15, 0.2) is 29.8 Å². The molecule has 0 aromatic heterocycles. The quantitative estimate of drug-likeness (QED) is 0.363. The molecule has 2 aliphatic rings. The highest BCUT2D eigenvalue weighted by molar-refractivity contribution is 5.69. The zero-order valence-electron chi connectivity index (χ0n) is 22.5. The first-order valence-corrected chi connectivity index (χ1v) is 12.7. The Morgan fingerprint density at radius 1 is 0.868 bits per heavy atom. The summed E-state index contributed by atoms with van der Waals surface area (Å²) < 4.78 is 33.5. The number of methoxy groups -OCH3 is 1. The largest absolute Gasteiger partial charge is 0.463 e. The Balaban J connectivity index is 1.99. The fraction of sp³-hybridized carbons (Fsp3) is 0.571. The topological polar surface area (TPSA) is 124 Å². The number of hydrogen-bond acceptors (Lipinski definition) is 10. The molecule has 1 heterocycles. The first kappa shape index (κ1) is 29.3. The van der Waals surface area contributed by atoms with Gasteiger partial charge in [-0.25, -0.2) is 0 Å². The van der Waals surface area contributed by atoms with E-state index < -0.39 is 54.4 Å². The highest BCUT2D eigenvalue weighted by Crippen LogP contribution is 2.38. The maximum absolute atomic E-state index is 12.1. The minimum absolute atomic E-state index is 0.265. The Bertz CT molecular complexity index is 1040. The van der Waals surface area contributed by atoms with Gasteiger partial charge in [-0.05, 0) is 42.9 Å². The number of esters is 4. The molecule has 5 atom stereocenters. The van der Waals surface area contributed by atoms with Crippen LogP contribution in [0, 0.1) is 0 Å². The summed E-state index contributed by atoms with van der Waals surface area (Å²) in [4.78, 5) is 47.7. The zero-order valence-corrected chi connectivity index (χ0v) is 22.5. The SMILES string of the molecule is COC1CCC(=Cc2cccc([C@@H]3O[C@H](COC(C)=O)[C@@H](OC(C)=O)C(OC(C)=O)[C@H]3OC(C)=O)c2)CC1. The van der Waals surface area contributed by atoms with Gasteiger partial charge in [-0.2, -0.15) is 0 Å². The number of carbonyl (C=O) groups excluding carboxylic acids is 4. The van der Waals surface area contributed by atoms with Crippen molar-refractivity contribution in [3.63, 3.8) is 0 Å². The number of ether oxygens (including phenoxy) is 6. The van der Waals surface area contributed by atoms with Crippen LogP contribution in [0.1, 0.15) is 70.6 Å². The normalized spacial score (nSPS) is 27.1. The first-order valence-electron chi connectivity index (χ1n) is 12.7. The zero-order chi connectivity index (χ0) is 27.8. The lowest BCUT2D eigenvalue weighted by atomic mass is 9.88. The van der Waals surface area contributed by atoms with Crippen LogP contribution in [0.2, 0.25) is 0 Å². The van der Waals surface area contributed by atoms with Crippen LogP contribution in [-0.2, 0) is 47.6 Å². The molecule has 0 N–H and O–H groups in total. The Morgan fingerprint density at radius 3 is 2.05 bits per heavy atom. The Hall–Kier alpha value is -3.24. The summed E-state index contributed by atoms with van der Waals surface area (Å²) in [5.41, 5.74) is 2.89. The lowest BCUT2D eigenvalue weighted by Crippen LogP contribution is -2.59. The van der Waals surface area contributed by atoms with Gasteiger partial charge in [-0.3, -0.25) is 19.2 Å². The van der Waals surface area contributed by atoms with Crippen LogP contribution in [0.25, 0.3) is 6.08 Å². The number of allylic oxidation sites excluding steroid dienone is 1. The third kappa shape index (κ3) is 8.13.